The maximum Gasteiger partial charge on any atom is 0.407 e. The molecule has 1 aromatic rings. The molecule has 0 heterocycles. The van der Waals surface area contributed by atoms with Crippen LogP contribution in [0.5, 0.6) is 0 Å². The number of amides is 1. The van der Waals surface area contributed by atoms with Gasteiger partial charge in [-0.2, -0.15) is 0 Å². The lowest BCUT2D eigenvalue weighted by Crippen LogP contribution is -2.37. The Morgan fingerprint density at radius 2 is 2.07 bits per heavy atom. The lowest BCUT2D eigenvalue weighted by Gasteiger charge is -2.24. The van der Waals surface area contributed by atoms with Crippen molar-refractivity contribution < 1.29 is 9.90 Å². The maximum atomic E-state index is 11.0. The van der Waals surface area contributed by atoms with Crippen LogP contribution >= 0.6 is 22.6 Å². The second-order valence-electron chi connectivity index (χ2n) is 3.40. The van der Waals surface area contributed by atoms with Gasteiger partial charge in [-0.05, 0) is 12.5 Å². The number of rotatable bonds is 4. The van der Waals surface area contributed by atoms with E-state index in [4.69, 9.17) is 5.11 Å². The van der Waals surface area contributed by atoms with Crippen molar-refractivity contribution in [3.8, 4) is 0 Å². The third-order valence-corrected chi connectivity index (χ3v) is 3.47. The molecule has 0 spiro atoms. The van der Waals surface area contributed by atoms with Gasteiger partial charge in [-0.1, -0.05) is 52.9 Å². The Balaban J connectivity index is 2.71. The molecule has 82 valence electrons. The van der Waals surface area contributed by atoms with Gasteiger partial charge in [-0.3, -0.25) is 0 Å². The van der Waals surface area contributed by atoms with Crippen LogP contribution in [-0.4, -0.2) is 26.6 Å². The highest BCUT2D eigenvalue weighted by Crippen LogP contribution is 2.10. The predicted octanol–water partition coefficient (Wildman–Crippen LogP) is 2.99. The number of halogens is 1. The number of hydrogen-bond donors (Lipinski definition) is 1. The van der Waals surface area contributed by atoms with Crippen molar-refractivity contribution in [1.82, 2.24) is 4.90 Å². The maximum absolute atomic E-state index is 11.0. The van der Waals surface area contributed by atoms with Gasteiger partial charge in [0.05, 0.1) is 0 Å². The first-order valence-electron chi connectivity index (χ1n) is 4.74. The average Bonchev–Trinajstić information content (AvgIpc) is 2.26. The van der Waals surface area contributed by atoms with E-state index < -0.39 is 6.09 Å². The van der Waals surface area contributed by atoms with Crippen molar-refractivity contribution in [3.05, 3.63) is 35.9 Å². The third kappa shape index (κ3) is 3.70. The number of alkyl halides is 1. The molecule has 15 heavy (non-hydrogen) atoms. The molecule has 0 aromatic heterocycles. The SMILES string of the molecule is C[C@@H](CI)N(Cc1ccccc1)C(=O)O. The highest BCUT2D eigenvalue weighted by atomic mass is 127. The van der Waals surface area contributed by atoms with Crippen LogP contribution in [-0.2, 0) is 6.54 Å². The molecule has 0 fully saturated rings. The fourth-order valence-electron chi connectivity index (χ4n) is 1.28. The Morgan fingerprint density at radius 3 is 2.53 bits per heavy atom. The number of nitrogens with zero attached hydrogens (tertiary/aromatic N) is 1. The van der Waals surface area contributed by atoms with Crippen LogP contribution in [0, 0.1) is 0 Å². The molecule has 1 aromatic carbocycles. The van der Waals surface area contributed by atoms with Gasteiger partial charge in [0.2, 0.25) is 0 Å². The zero-order valence-corrected chi connectivity index (χ0v) is 10.7. The highest BCUT2D eigenvalue weighted by Gasteiger charge is 2.18. The third-order valence-electron chi connectivity index (χ3n) is 2.20. The number of carbonyl (C=O) groups is 1. The molecule has 0 aliphatic heterocycles. The van der Waals surface area contributed by atoms with Gasteiger partial charge >= 0.3 is 6.09 Å². The Bertz CT molecular complexity index is 316. The fraction of sp³-hybridized carbons (Fsp3) is 0.364. The van der Waals surface area contributed by atoms with E-state index in [1.165, 1.54) is 4.90 Å². The van der Waals surface area contributed by atoms with Gasteiger partial charge in [0, 0.05) is 17.0 Å². The minimum atomic E-state index is -0.858. The molecule has 0 saturated heterocycles. The van der Waals surface area contributed by atoms with E-state index in [1.807, 2.05) is 37.3 Å². The molecule has 4 heteroatoms. The van der Waals surface area contributed by atoms with Crippen molar-refractivity contribution in [1.29, 1.82) is 0 Å². The quantitative estimate of drug-likeness (QED) is 0.685. The van der Waals surface area contributed by atoms with Gasteiger partial charge in [-0.25, -0.2) is 4.79 Å². The molecule has 0 bridgehead atoms. The number of hydrogen-bond acceptors (Lipinski definition) is 1. The Hall–Kier alpha value is -0.780. The normalized spacial score (nSPS) is 12.1. The van der Waals surface area contributed by atoms with Crippen molar-refractivity contribution >= 4 is 28.7 Å². The van der Waals surface area contributed by atoms with Crippen LogP contribution in [0.1, 0.15) is 12.5 Å². The molecular weight excluding hydrogens is 305 g/mol. The van der Waals surface area contributed by atoms with Crippen LogP contribution in [0.2, 0.25) is 0 Å². The smallest absolute Gasteiger partial charge is 0.407 e. The van der Waals surface area contributed by atoms with Crippen molar-refractivity contribution in [2.75, 3.05) is 4.43 Å². The summed E-state index contributed by atoms with van der Waals surface area (Å²) in [4.78, 5) is 12.5. The van der Waals surface area contributed by atoms with Gasteiger partial charge in [0.15, 0.2) is 0 Å². The predicted molar refractivity (Wildman–Crippen MR) is 68.4 cm³/mol. The van der Waals surface area contributed by atoms with Gasteiger partial charge in [0.1, 0.15) is 0 Å². The highest BCUT2D eigenvalue weighted by molar-refractivity contribution is 14.1. The summed E-state index contributed by atoms with van der Waals surface area (Å²) in [5.74, 6) is 0. The molecule has 0 saturated carbocycles. The minimum absolute atomic E-state index is 0.0447. The Kier molecular flexibility index (Phi) is 4.87. The van der Waals surface area contributed by atoms with E-state index in [1.54, 1.807) is 0 Å². The van der Waals surface area contributed by atoms with Crippen LogP contribution in [0.15, 0.2) is 30.3 Å². The molecule has 3 nitrogen and oxygen atoms in total. The minimum Gasteiger partial charge on any atom is -0.465 e. The largest absolute Gasteiger partial charge is 0.465 e. The second kappa shape index (κ2) is 5.95. The van der Waals surface area contributed by atoms with E-state index in [0.717, 1.165) is 9.99 Å². The molecule has 1 N–H and O–H groups in total. The van der Waals surface area contributed by atoms with Gasteiger partial charge < -0.3 is 10.0 Å². The standard InChI is InChI=1S/C11H14INO2/c1-9(7-12)13(11(14)15)8-10-5-3-2-4-6-10/h2-6,9H,7-8H2,1H3,(H,14,15)/t9-/m0/s1. The molecule has 0 unspecified atom stereocenters. The lowest BCUT2D eigenvalue weighted by molar-refractivity contribution is 0.130. The fourth-order valence-corrected chi connectivity index (χ4v) is 1.75. The summed E-state index contributed by atoms with van der Waals surface area (Å²) in [5.41, 5.74) is 1.02. The van der Waals surface area contributed by atoms with Crippen LogP contribution in [0.4, 0.5) is 4.79 Å². The van der Waals surface area contributed by atoms with Gasteiger partial charge in [0.25, 0.3) is 0 Å². The Labute approximate surface area is 103 Å². The van der Waals surface area contributed by atoms with Crippen molar-refractivity contribution in [2.24, 2.45) is 0 Å². The van der Waals surface area contributed by atoms with E-state index in [-0.39, 0.29) is 6.04 Å². The van der Waals surface area contributed by atoms with E-state index in [0.29, 0.717) is 6.54 Å². The van der Waals surface area contributed by atoms with E-state index in [9.17, 15) is 4.79 Å². The Morgan fingerprint density at radius 1 is 1.47 bits per heavy atom. The zero-order valence-electron chi connectivity index (χ0n) is 8.56. The van der Waals surface area contributed by atoms with E-state index >= 15 is 0 Å². The number of carboxylic acid groups (broad SMARTS) is 1. The first-order valence-corrected chi connectivity index (χ1v) is 6.27. The lowest BCUT2D eigenvalue weighted by atomic mass is 10.2. The zero-order chi connectivity index (χ0) is 11.3. The summed E-state index contributed by atoms with van der Waals surface area (Å²) < 4.78 is 0.802. The molecular formula is C11H14INO2. The van der Waals surface area contributed by atoms with Crippen molar-refractivity contribution in [2.45, 2.75) is 19.5 Å². The molecule has 1 amide bonds. The van der Waals surface area contributed by atoms with Crippen LogP contribution < -0.4 is 0 Å². The first kappa shape index (κ1) is 12.3. The molecule has 1 atom stereocenters. The summed E-state index contributed by atoms with van der Waals surface area (Å²) in [5, 5.41) is 9.06. The van der Waals surface area contributed by atoms with Crippen molar-refractivity contribution in [3.63, 3.8) is 0 Å². The molecule has 0 aliphatic carbocycles. The summed E-state index contributed by atoms with van der Waals surface area (Å²) in [7, 11) is 0. The van der Waals surface area contributed by atoms with E-state index in [2.05, 4.69) is 22.6 Å². The number of benzene rings is 1. The first-order chi connectivity index (χ1) is 7.15. The monoisotopic (exact) mass is 319 g/mol. The summed E-state index contributed by atoms with van der Waals surface area (Å²) in [6.07, 6.45) is -0.858. The molecule has 0 aliphatic rings. The summed E-state index contributed by atoms with van der Waals surface area (Å²) in [6.45, 7) is 2.38. The topological polar surface area (TPSA) is 40.5 Å². The summed E-state index contributed by atoms with van der Waals surface area (Å²) in [6, 6.07) is 9.69. The molecule has 0 radical (unpaired) electrons. The molecule has 1 rings (SSSR count). The van der Waals surface area contributed by atoms with Gasteiger partial charge in [-0.15, -0.1) is 0 Å². The summed E-state index contributed by atoms with van der Waals surface area (Å²) >= 11 is 2.20. The second-order valence-corrected chi connectivity index (χ2v) is 4.28. The van der Waals surface area contributed by atoms with Crippen LogP contribution in [0.3, 0.4) is 0 Å². The average molecular weight is 319 g/mol. The van der Waals surface area contributed by atoms with Crippen LogP contribution in [0.25, 0.3) is 0 Å².